The average molecular weight is 369 g/mol. The van der Waals surface area contributed by atoms with Crippen LogP contribution in [0.5, 0.6) is 0 Å². The summed E-state index contributed by atoms with van der Waals surface area (Å²) in [6.07, 6.45) is 6.56. The lowest BCUT2D eigenvalue weighted by Gasteiger charge is -2.19. The molecule has 0 nitrogen and oxygen atoms in total. The van der Waals surface area contributed by atoms with Gasteiger partial charge in [-0.05, 0) is 85.8 Å². The van der Waals surface area contributed by atoms with Crippen LogP contribution < -0.4 is 0 Å². The van der Waals surface area contributed by atoms with Crippen LogP contribution in [0, 0.1) is 20.8 Å². The molecule has 0 bridgehead atoms. The first kappa shape index (κ1) is 20.1. The molecule has 3 aromatic carbocycles. The highest BCUT2D eigenvalue weighted by atomic mass is 14.2. The zero-order chi connectivity index (χ0) is 19.9. The van der Waals surface area contributed by atoms with E-state index in [4.69, 9.17) is 0 Å². The van der Waals surface area contributed by atoms with Gasteiger partial charge in [0.05, 0.1) is 0 Å². The van der Waals surface area contributed by atoms with Crippen molar-refractivity contribution < 1.29 is 0 Å². The molecule has 3 aromatic rings. The molecular formula is C28H32. The Labute approximate surface area is 171 Å². The number of hydrogen-bond acceptors (Lipinski definition) is 0. The first-order valence-electron chi connectivity index (χ1n) is 10.4. The predicted molar refractivity (Wildman–Crippen MR) is 123 cm³/mol. The molecule has 0 spiro atoms. The number of aryl methyl sites for hydroxylation is 4. The topological polar surface area (TPSA) is 0 Å². The number of benzene rings is 3. The summed E-state index contributed by atoms with van der Waals surface area (Å²) < 4.78 is 0. The molecule has 0 heterocycles. The maximum Gasteiger partial charge on any atom is -0.0121 e. The maximum absolute atomic E-state index is 3.84. The van der Waals surface area contributed by atoms with Gasteiger partial charge in [-0.1, -0.05) is 84.9 Å². The van der Waals surface area contributed by atoms with E-state index in [2.05, 4.69) is 94.1 Å². The Hall–Kier alpha value is -2.60. The predicted octanol–water partition coefficient (Wildman–Crippen LogP) is 7.60. The summed E-state index contributed by atoms with van der Waals surface area (Å²) in [5, 5.41) is 0. The van der Waals surface area contributed by atoms with Crippen LogP contribution in [0.3, 0.4) is 0 Å². The van der Waals surface area contributed by atoms with E-state index in [9.17, 15) is 0 Å². The normalized spacial score (nSPS) is 12.0. The minimum absolute atomic E-state index is 0.564. The third-order valence-corrected chi connectivity index (χ3v) is 5.80. The molecule has 0 aliphatic heterocycles. The molecule has 1 atom stereocenters. The Bertz CT molecular complexity index is 915. The Morgan fingerprint density at radius 2 is 1.57 bits per heavy atom. The molecule has 0 N–H and O–H groups in total. The van der Waals surface area contributed by atoms with Gasteiger partial charge >= 0.3 is 0 Å². The summed E-state index contributed by atoms with van der Waals surface area (Å²) in [6.45, 7) is 10.4. The molecule has 0 heteroatoms. The van der Waals surface area contributed by atoms with Crippen molar-refractivity contribution >= 4 is 6.08 Å². The molecule has 3 rings (SSSR count). The van der Waals surface area contributed by atoms with Crippen LogP contribution >= 0.6 is 0 Å². The van der Waals surface area contributed by atoms with Crippen LogP contribution in [0.25, 0.3) is 6.08 Å². The Morgan fingerprint density at radius 3 is 2.25 bits per heavy atom. The average Bonchev–Trinajstić information content (AvgIpc) is 2.70. The van der Waals surface area contributed by atoms with E-state index < -0.39 is 0 Å². The molecule has 0 aliphatic rings. The zero-order valence-corrected chi connectivity index (χ0v) is 17.5. The lowest BCUT2D eigenvalue weighted by atomic mass is 9.86. The summed E-state index contributed by atoms with van der Waals surface area (Å²) >= 11 is 0. The molecule has 1 unspecified atom stereocenters. The zero-order valence-electron chi connectivity index (χ0n) is 17.5. The fourth-order valence-corrected chi connectivity index (χ4v) is 3.90. The first-order valence-corrected chi connectivity index (χ1v) is 10.4. The second-order valence-corrected chi connectivity index (χ2v) is 8.07. The van der Waals surface area contributed by atoms with Gasteiger partial charge in [-0.15, -0.1) is 0 Å². The smallest absolute Gasteiger partial charge is 0.0121 e. The fraction of sp³-hybridized carbons (Fsp3) is 0.286. The number of hydrogen-bond donors (Lipinski definition) is 0. The summed E-state index contributed by atoms with van der Waals surface area (Å²) in [6, 6.07) is 24.8. The van der Waals surface area contributed by atoms with E-state index in [1.807, 2.05) is 6.08 Å². The quantitative estimate of drug-likeness (QED) is 0.384. The monoisotopic (exact) mass is 368 g/mol. The molecule has 0 aliphatic carbocycles. The van der Waals surface area contributed by atoms with E-state index in [1.165, 1.54) is 51.8 Å². The highest BCUT2D eigenvalue weighted by Crippen LogP contribution is 2.28. The summed E-state index contributed by atoms with van der Waals surface area (Å²) in [4.78, 5) is 0. The Balaban J connectivity index is 1.71. The van der Waals surface area contributed by atoms with Crippen LogP contribution in [-0.4, -0.2) is 0 Å². The molecule has 0 amide bonds. The summed E-state index contributed by atoms with van der Waals surface area (Å²) in [5.74, 6) is 0.564. The molecule has 0 fully saturated rings. The van der Waals surface area contributed by atoms with E-state index in [1.54, 1.807) is 0 Å². The lowest BCUT2D eigenvalue weighted by Crippen LogP contribution is -2.05. The molecule has 0 saturated carbocycles. The summed E-state index contributed by atoms with van der Waals surface area (Å²) in [5.41, 5.74) is 9.64. The first-order chi connectivity index (χ1) is 13.5. The van der Waals surface area contributed by atoms with Crippen LogP contribution in [0.15, 0.2) is 73.3 Å². The van der Waals surface area contributed by atoms with Crippen LogP contribution in [-0.2, 0) is 12.8 Å². The van der Waals surface area contributed by atoms with Gasteiger partial charge in [0.25, 0.3) is 0 Å². The standard InChI is InChI=1S/C28H32/c1-5-24-14-16-25(17-15-24)9-7-11-28(27-10-6-8-21(2)18-27)20-26-13-12-22(3)23(4)19-26/h5-6,8,10,12-19,28H,1,7,9,11,20H2,2-4H3. The summed E-state index contributed by atoms with van der Waals surface area (Å²) in [7, 11) is 0. The molecule has 0 aromatic heterocycles. The van der Waals surface area contributed by atoms with Crippen molar-refractivity contribution in [3.8, 4) is 0 Å². The highest BCUT2D eigenvalue weighted by Gasteiger charge is 2.13. The largest absolute Gasteiger partial charge is 0.0985 e. The van der Waals surface area contributed by atoms with Crippen molar-refractivity contribution in [3.63, 3.8) is 0 Å². The molecule has 0 radical (unpaired) electrons. The third kappa shape index (κ3) is 5.45. The molecule has 144 valence electrons. The second-order valence-electron chi connectivity index (χ2n) is 8.07. The van der Waals surface area contributed by atoms with Crippen molar-refractivity contribution in [2.45, 2.75) is 52.4 Å². The van der Waals surface area contributed by atoms with Gasteiger partial charge in [0.1, 0.15) is 0 Å². The van der Waals surface area contributed by atoms with Gasteiger partial charge in [0, 0.05) is 0 Å². The SMILES string of the molecule is C=Cc1ccc(CCCC(Cc2ccc(C)c(C)c2)c2cccc(C)c2)cc1. The van der Waals surface area contributed by atoms with Gasteiger partial charge in [-0.2, -0.15) is 0 Å². The van der Waals surface area contributed by atoms with Crippen LogP contribution in [0.2, 0.25) is 0 Å². The minimum atomic E-state index is 0.564. The van der Waals surface area contributed by atoms with Crippen molar-refractivity contribution in [1.82, 2.24) is 0 Å². The van der Waals surface area contributed by atoms with Crippen molar-refractivity contribution in [2.75, 3.05) is 0 Å². The fourth-order valence-electron chi connectivity index (χ4n) is 3.90. The third-order valence-electron chi connectivity index (χ3n) is 5.80. The maximum atomic E-state index is 3.84. The second kappa shape index (κ2) is 9.55. The van der Waals surface area contributed by atoms with Crippen LogP contribution in [0.1, 0.15) is 57.7 Å². The van der Waals surface area contributed by atoms with Crippen molar-refractivity contribution in [3.05, 3.63) is 112 Å². The van der Waals surface area contributed by atoms with E-state index >= 15 is 0 Å². The van der Waals surface area contributed by atoms with E-state index in [0.29, 0.717) is 5.92 Å². The van der Waals surface area contributed by atoms with E-state index in [0.717, 1.165) is 12.8 Å². The van der Waals surface area contributed by atoms with Gasteiger partial charge in [-0.3, -0.25) is 0 Å². The van der Waals surface area contributed by atoms with Crippen LogP contribution in [0.4, 0.5) is 0 Å². The number of rotatable bonds is 8. The lowest BCUT2D eigenvalue weighted by molar-refractivity contribution is 0.587. The van der Waals surface area contributed by atoms with Gasteiger partial charge in [0.2, 0.25) is 0 Å². The van der Waals surface area contributed by atoms with Gasteiger partial charge in [-0.25, -0.2) is 0 Å². The molecule has 28 heavy (non-hydrogen) atoms. The minimum Gasteiger partial charge on any atom is -0.0985 e. The van der Waals surface area contributed by atoms with Gasteiger partial charge < -0.3 is 0 Å². The van der Waals surface area contributed by atoms with Gasteiger partial charge in [0.15, 0.2) is 0 Å². The highest BCUT2D eigenvalue weighted by molar-refractivity contribution is 5.47. The molecule has 0 saturated heterocycles. The van der Waals surface area contributed by atoms with Crippen molar-refractivity contribution in [2.24, 2.45) is 0 Å². The molecular weight excluding hydrogens is 336 g/mol. The Morgan fingerprint density at radius 1 is 0.821 bits per heavy atom. The van der Waals surface area contributed by atoms with E-state index in [-0.39, 0.29) is 0 Å². The van der Waals surface area contributed by atoms with Crippen molar-refractivity contribution in [1.29, 1.82) is 0 Å². The Kier molecular flexibility index (Phi) is 6.87.